The second kappa shape index (κ2) is 10.4. The summed E-state index contributed by atoms with van der Waals surface area (Å²) in [6.07, 6.45) is 5.01. The third kappa shape index (κ3) is 5.53. The molecule has 0 unspecified atom stereocenters. The Morgan fingerprint density at radius 2 is 1.63 bits per heavy atom. The minimum absolute atomic E-state index is 0.0353. The zero-order chi connectivity index (χ0) is 19.8. The number of hydrogen-bond donors (Lipinski definition) is 2. The van der Waals surface area contributed by atoms with Crippen LogP contribution in [-0.4, -0.2) is 36.2 Å². The highest BCUT2D eigenvalue weighted by Gasteiger charge is 2.39. The molecule has 1 aliphatic carbocycles. The number of halogens is 2. The molecule has 2 aromatic rings. The molecule has 3 nitrogen and oxygen atoms in total. The molecule has 1 aliphatic heterocycles. The molecule has 1 heterocycles. The van der Waals surface area contributed by atoms with E-state index in [2.05, 4.69) is 12.6 Å². The van der Waals surface area contributed by atoms with Gasteiger partial charge in [-0.3, -0.25) is 4.79 Å². The van der Waals surface area contributed by atoms with Crippen LogP contribution in [0.25, 0.3) is 11.1 Å². The summed E-state index contributed by atoms with van der Waals surface area (Å²) in [5.74, 6) is -0.344. The van der Waals surface area contributed by atoms with Crippen molar-refractivity contribution in [3.05, 3.63) is 60.2 Å². The average molecular weight is 393 g/mol. The van der Waals surface area contributed by atoms with E-state index >= 15 is 0 Å². The lowest BCUT2D eigenvalue weighted by Crippen LogP contribution is -2.55. The minimum atomic E-state index is -0.531. The molecule has 2 fully saturated rings. The van der Waals surface area contributed by atoms with Gasteiger partial charge in [-0.25, -0.2) is 8.78 Å². The van der Waals surface area contributed by atoms with E-state index in [-0.39, 0.29) is 5.56 Å². The van der Waals surface area contributed by atoms with Crippen LogP contribution in [0.15, 0.2) is 48.5 Å². The molecule has 1 saturated carbocycles. The van der Waals surface area contributed by atoms with Gasteiger partial charge in [-0.05, 0) is 43.2 Å². The summed E-state index contributed by atoms with van der Waals surface area (Å²) in [7, 11) is 0. The highest BCUT2D eigenvalue weighted by atomic mass is 32.1. The van der Waals surface area contributed by atoms with Gasteiger partial charge in [-0.2, -0.15) is 12.6 Å². The smallest absolute Gasteiger partial charge is 0.225 e. The van der Waals surface area contributed by atoms with E-state index in [0.717, 1.165) is 25.8 Å². The first-order chi connectivity index (χ1) is 13.1. The fourth-order valence-electron chi connectivity index (χ4n) is 2.92. The van der Waals surface area contributed by atoms with Crippen molar-refractivity contribution >= 4 is 18.5 Å². The summed E-state index contributed by atoms with van der Waals surface area (Å²) in [5, 5.41) is 0. The highest BCUT2D eigenvalue weighted by Crippen LogP contribution is 2.33. The molecular weight excluding hydrogens is 366 g/mol. The number of nitrogens with two attached hydrogens (primary N) is 1. The summed E-state index contributed by atoms with van der Waals surface area (Å²) in [4.78, 5) is 13.4. The van der Waals surface area contributed by atoms with Crippen molar-refractivity contribution in [2.45, 2.75) is 25.3 Å². The molecule has 146 valence electrons. The lowest BCUT2D eigenvalue weighted by atomic mass is 10.0. The number of amides is 1. The van der Waals surface area contributed by atoms with Gasteiger partial charge in [-0.15, -0.1) is 0 Å². The van der Waals surface area contributed by atoms with Crippen LogP contribution >= 0.6 is 12.6 Å². The molecular formula is C21H26F2N2OS. The Labute approximate surface area is 165 Å². The van der Waals surface area contributed by atoms with Gasteiger partial charge >= 0.3 is 0 Å². The van der Waals surface area contributed by atoms with Gasteiger partial charge in [0.1, 0.15) is 11.6 Å². The number of likely N-dealkylation sites (tertiary alicyclic amines) is 1. The van der Waals surface area contributed by atoms with Gasteiger partial charge in [0.25, 0.3) is 0 Å². The van der Waals surface area contributed by atoms with E-state index < -0.39 is 11.6 Å². The van der Waals surface area contributed by atoms with Crippen molar-refractivity contribution < 1.29 is 13.6 Å². The average Bonchev–Trinajstić information content (AvgIpc) is 3.49. The predicted octanol–water partition coefficient (Wildman–Crippen LogP) is 4.13. The summed E-state index contributed by atoms with van der Waals surface area (Å²) in [5.41, 5.74) is 6.08. The van der Waals surface area contributed by atoms with Crippen LogP contribution in [0.5, 0.6) is 0 Å². The summed E-state index contributed by atoms with van der Waals surface area (Å²) in [6.45, 7) is 1.58. The molecule has 0 radical (unpaired) electrons. The van der Waals surface area contributed by atoms with Crippen molar-refractivity contribution in [2.75, 3.05) is 19.3 Å². The van der Waals surface area contributed by atoms with Crippen LogP contribution in [0.2, 0.25) is 0 Å². The van der Waals surface area contributed by atoms with Crippen LogP contribution < -0.4 is 5.73 Å². The van der Waals surface area contributed by atoms with Gasteiger partial charge in [0.05, 0.1) is 5.56 Å². The molecule has 6 heteroatoms. The quantitative estimate of drug-likeness (QED) is 0.772. The van der Waals surface area contributed by atoms with Crippen molar-refractivity contribution in [1.82, 2.24) is 4.90 Å². The van der Waals surface area contributed by atoms with Crippen LogP contribution in [0.4, 0.5) is 8.78 Å². The van der Waals surface area contributed by atoms with Gasteiger partial charge in [0.15, 0.2) is 0 Å². The molecule has 1 saturated heterocycles. The summed E-state index contributed by atoms with van der Waals surface area (Å²) < 4.78 is 26.6. The third-order valence-electron chi connectivity index (χ3n) is 4.65. The molecule has 2 N–H and O–H groups in total. The van der Waals surface area contributed by atoms with Crippen molar-refractivity contribution in [3.63, 3.8) is 0 Å². The van der Waals surface area contributed by atoms with E-state index in [0.29, 0.717) is 30.0 Å². The third-order valence-corrected chi connectivity index (χ3v) is 4.65. The minimum Gasteiger partial charge on any atom is -0.338 e. The van der Waals surface area contributed by atoms with Gasteiger partial charge in [-0.1, -0.05) is 36.4 Å². The second-order valence-electron chi connectivity index (χ2n) is 6.45. The number of hydrogen-bond acceptors (Lipinski definition) is 3. The van der Waals surface area contributed by atoms with E-state index in [4.69, 9.17) is 5.73 Å². The number of nitrogens with zero attached hydrogens (tertiary/aromatic N) is 1. The maximum atomic E-state index is 13.3. The van der Waals surface area contributed by atoms with Gasteiger partial charge in [0.2, 0.25) is 5.91 Å². The molecule has 4 rings (SSSR count). The molecule has 0 bridgehead atoms. The molecule has 0 spiro atoms. The summed E-state index contributed by atoms with van der Waals surface area (Å²) >= 11 is 3.53. The maximum Gasteiger partial charge on any atom is 0.225 e. The fourth-order valence-corrected chi connectivity index (χ4v) is 2.92. The highest BCUT2D eigenvalue weighted by molar-refractivity contribution is 7.79. The Hall–Kier alpha value is -1.92. The zero-order valence-electron chi connectivity index (χ0n) is 15.4. The largest absolute Gasteiger partial charge is 0.338 e. The monoisotopic (exact) mass is 392 g/mol. The first kappa shape index (κ1) is 21.4. The van der Waals surface area contributed by atoms with E-state index in [1.807, 2.05) is 11.0 Å². The lowest BCUT2D eigenvalue weighted by molar-refractivity contribution is -0.139. The standard InChI is InChI=1S/C12H8F2.C8H14N2O.CH4S/c13-10-7-4-8-11(14)12(10)9-5-2-1-3-6-9;9-5-7-3-4-10(7)8(11)6-1-2-6;1-2/h1-8H;6-7H,1-5,9H2;2H,1H3/t;7-;/m.0./s1. The van der Waals surface area contributed by atoms with Crippen LogP contribution in [-0.2, 0) is 4.79 Å². The van der Waals surface area contributed by atoms with Crippen molar-refractivity contribution in [2.24, 2.45) is 11.7 Å². The number of thiol groups is 1. The zero-order valence-corrected chi connectivity index (χ0v) is 16.3. The summed E-state index contributed by atoms with van der Waals surface area (Å²) in [6, 6.07) is 12.9. The van der Waals surface area contributed by atoms with E-state index in [1.54, 1.807) is 30.5 Å². The number of carbonyl (C=O) groups is 1. The van der Waals surface area contributed by atoms with Gasteiger partial charge in [0, 0.05) is 25.0 Å². The molecule has 2 aliphatic rings. The SMILES string of the molecule is CS.Fc1cccc(F)c1-c1ccccc1.NC[C@@H]1CCN1C(=O)C1CC1. The molecule has 27 heavy (non-hydrogen) atoms. The van der Waals surface area contributed by atoms with Gasteiger partial charge < -0.3 is 10.6 Å². The number of benzene rings is 2. The number of carbonyl (C=O) groups excluding carboxylic acids is 1. The van der Waals surface area contributed by atoms with Crippen LogP contribution in [0.3, 0.4) is 0 Å². The van der Waals surface area contributed by atoms with Crippen molar-refractivity contribution in [3.8, 4) is 11.1 Å². The predicted molar refractivity (Wildman–Crippen MR) is 109 cm³/mol. The molecule has 1 atom stereocenters. The maximum absolute atomic E-state index is 13.3. The Morgan fingerprint density at radius 1 is 1.04 bits per heavy atom. The molecule has 0 aromatic heterocycles. The second-order valence-corrected chi connectivity index (χ2v) is 6.45. The Morgan fingerprint density at radius 3 is 2.07 bits per heavy atom. The van der Waals surface area contributed by atoms with Crippen molar-refractivity contribution in [1.29, 1.82) is 0 Å². The Bertz CT molecular complexity index is 716. The van der Waals surface area contributed by atoms with E-state index in [9.17, 15) is 13.6 Å². The van der Waals surface area contributed by atoms with Crippen LogP contribution in [0, 0.1) is 17.6 Å². The van der Waals surface area contributed by atoms with Crippen LogP contribution in [0.1, 0.15) is 19.3 Å². The normalized spacial score (nSPS) is 17.7. The first-order valence-electron chi connectivity index (χ1n) is 9.06. The van der Waals surface area contributed by atoms with E-state index in [1.165, 1.54) is 18.2 Å². The first-order valence-corrected chi connectivity index (χ1v) is 9.96. The molecule has 1 amide bonds. The topological polar surface area (TPSA) is 46.3 Å². The fraction of sp³-hybridized carbons (Fsp3) is 0.381. The number of rotatable bonds is 3. The lowest BCUT2D eigenvalue weighted by Gasteiger charge is -2.40. The Balaban J connectivity index is 0.000000181. The molecule has 2 aromatic carbocycles. The Kier molecular flexibility index (Phi) is 8.25.